The summed E-state index contributed by atoms with van der Waals surface area (Å²) in [7, 11) is 0. The van der Waals surface area contributed by atoms with Crippen molar-refractivity contribution >= 4 is 11.9 Å². The Labute approximate surface area is 143 Å². The topological polar surface area (TPSA) is 140 Å². The maximum absolute atomic E-state index is 11.7. The number of carbonyl (C=O) groups excluding carboxylic acids is 1. The second-order valence-corrected chi connectivity index (χ2v) is 5.07. The lowest BCUT2D eigenvalue weighted by molar-refractivity contribution is -0.208. The standard InChI is InChI=1S/C11H15N3O5.C2HF3O2/c1-6-5-14(11(17)13-10(6)16)8-3-12-4-9(19-8)18-7(2)15;3-2(4,5)1(6)7/h5,8-9,12H,3-4H2,1-2H3,(H,13,16,17);(H,6,7). The summed E-state index contributed by atoms with van der Waals surface area (Å²) in [6, 6.07) is 0. The number of morpholine rings is 1. The average Bonchev–Trinajstić information content (AvgIpc) is 2.50. The van der Waals surface area contributed by atoms with Gasteiger partial charge in [-0.3, -0.25) is 19.1 Å². The number of aromatic nitrogens is 2. The summed E-state index contributed by atoms with van der Waals surface area (Å²) in [5, 5.41) is 10.1. The number of carbonyl (C=O) groups is 2. The van der Waals surface area contributed by atoms with Crippen LogP contribution in [-0.4, -0.2) is 52.2 Å². The van der Waals surface area contributed by atoms with Gasteiger partial charge in [-0.15, -0.1) is 0 Å². The van der Waals surface area contributed by atoms with Crippen LogP contribution in [0, 0.1) is 6.92 Å². The molecule has 3 N–H and O–H groups in total. The van der Waals surface area contributed by atoms with Gasteiger partial charge >= 0.3 is 23.8 Å². The maximum atomic E-state index is 11.7. The molecular weight excluding hydrogens is 367 g/mol. The van der Waals surface area contributed by atoms with Gasteiger partial charge in [-0.2, -0.15) is 13.2 Å². The lowest BCUT2D eigenvalue weighted by Gasteiger charge is -2.30. The molecule has 26 heavy (non-hydrogen) atoms. The summed E-state index contributed by atoms with van der Waals surface area (Å²) in [6.07, 6.45) is -5.06. The van der Waals surface area contributed by atoms with Crippen LogP contribution in [0.2, 0.25) is 0 Å². The molecule has 0 amide bonds. The predicted molar refractivity (Wildman–Crippen MR) is 78.3 cm³/mol. The fourth-order valence-corrected chi connectivity index (χ4v) is 1.81. The zero-order chi connectivity index (χ0) is 20.1. The molecule has 2 heterocycles. The summed E-state index contributed by atoms with van der Waals surface area (Å²) < 4.78 is 43.4. The lowest BCUT2D eigenvalue weighted by atomic mass is 10.3. The summed E-state index contributed by atoms with van der Waals surface area (Å²) >= 11 is 0. The number of halogens is 3. The van der Waals surface area contributed by atoms with Crippen LogP contribution in [-0.2, 0) is 19.1 Å². The third kappa shape index (κ3) is 6.33. The van der Waals surface area contributed by atoms with Gasteiger partial charge < -0.3 is 19.9 Å². The SMILES string of the molecule is CC(=O)OC1CNCC(n2cc(C)c(=O)[nH]c2=O)O1.O=C(O)C(F)(F)F. The number of H-pyrrole nitrogens is 1. The van der Waals surface area contributed by atoms with Gasteiger partial charge in [0.25, 0.3) is 5.56 Å². The Balaban J connectivity index is 0.000000412. The molecule has 146 valence electrons. The number of nitrogens with zero attached hydrogens (tertiary/aromatic N) is 1. The van der Waals surface area contributed by atoms with Crippen molar-refractivity contribution in [1.29, 1.82) is 0 Å². The van der Waals surface area contributed by atoms with E-state index in [1.54, 1.807) is 6.92 Å². The van der Waals surface area contributed by atoms with Gasteiger partial charge in [0.15, 0.2) is 6.23 Å². The fourth-order valence-electron chi connectivity index (χ4n) is 1.81. The molecule has 0 aromatic carbocycles. The number of rotatable bonds is 2. The third-order valence-corrected chi connectivity index (χ3v) is 2.93. The number of aliphatic carboxylic acids is 1. The number of aryl methyl sites for hydroxylation is 1. The Bertz CT molecular complexity index is 771. The molecule has 1 aliphatic rings. The van der Waals surface area contributed by atoms with Crippen LogP contribution < -0.4 is 16.6 Å². The van der Waals surface area contributed by atoms with Crippen molar-refractivity contribution in [3.63, 3.8) is 0 Å². The van der Waals surface area contributed by atoms with Crippen molar-refractivity contribution < 1.29 is 37.3 Å². The molecule has 1 aromatic rings. The minimum atomic E-state index is -5.08. The molecule has 2 unspecified atom stereocenters. The van der Waals surface area contributed by atoms with Crippen molar-refractivity contribution in [2.75, 3.05) is 13.1 Å². The monoisotopic (exact) mass is 383 g/mol. The van der Waals surface area contributed by atoms with Crippen molar-refractivity contribution in [3.05, 3.63) is 32.6 Å². The highest BCUT2D eigenvalue weighted by Gasteiger charge is 2.38. The van der Waals surface area contributed by atoms with Crippen LogP contribution in [0.4, 0.5) is 13.2 Å². The average molecular weight is 383 g/mol. The minimum absolute atomic E-state index is 0.354. The van der Waals surface area contributed by atoms with E-state index in [1.807, 2.05) is 0 Å². The van der Waals surface area contributed by atoms with Crippen molar-refractivity contribution in [2.24, 2.45) is 0 Å². The van der Waals surface area contributed by atoms with Crippen LogP contribution in [0.15, 0.2) is 15.8 Å². The number of esters is 1. The van der Waals surface area contributed by atoms with Gasteiger partial charge in [0.1, 0.15) is 0 Å². The number of hydrogen-bond donors (Lipinski definition) is 3. The van der Waals surface area contributed by atoms with E-state index in [4.69, 9.17) is 19.4 Å². The number of alkyl halides is 3. The van der Waals surface area contributed by atoms with E-state index in [0.29, 0.717) is 18.7 Å². The molecular formula is C13H16F3N3O7. The second-order valence-electron chi connectivity index (χ2n) is 5.07. The van der Waals surface area contributed by atoms with Crippen LogP contribution in [0.25, 0.3) is 0 Å². The quantitative estimate of drug-likeness (QED) is 0.580. The largest absolute Gasteiger partial charge is 0.490 e. The first kappa shape index (κ1) is 21.4. The summed E-state index contributed by atoms with van der Waals surface area (Å²) in [5.74, 6) is -3.22. The van der Waals surface area contributed by atoms with Gasteiger partial charge in [-0.25, -0.2) is 9.59 Å². The molecule has 0 radical (unpaired) electrons. The zero-order valence-electron chi connectivity index (χ0n) is 13.6. The molecule has 0 saturated carbocycles. The van der Waals surface area contributed by atoms with Crippen molar-refractivity contribution in [2.45, 2.75) is 32.5 Å². The normalized spacial score (nSPS) is 19.9. The molecule has 0 aliphatic carbocycles. The number of carboxylic acid groups (broad SMARTS) is 1. The van der Waals surface area contributed by atoms with Gasteiger partial charge in [0.2, 0.25) is 6.29 Å². The number of carboxylic acids is 1. The Hall–Kier alpha value is -2.67. The first-order valence-corrected chi connectivity index (χ1v) is 7.07. The molecule has 1 fully saturated rings. The third-order valence-electron chi connectivity index (χ3n) is 2.93. The van der Waals surface area contributed by atoms with E-state index in [-0.39, 0.29) is 0 Å². The molecule has 1 saturated heterocycles. The smallest absolute Gasteiger partial charge is 0.475 e. The minimum Gasteiger partial charge on any atom is -0.475 e. The maximum Gasteiger partial charge on any atom is 0.490 e. The zero-order valence-corrected chi connectivity index (χ0v) is 13.6. The van der Waals surface area contributed by atoms with Gasteiger partial charge in [0.05, 0.1) is 6.54 Å². The highest BCUT2D eigenvalue weighted by molar-refractivity contribution is 5.73. The summed E-state index contributed by atoms with van der Waals surface area (Å²) in [5.41, 5.74) is -0.592. The Kier molecular flexibility index (Phi) is 7.09. The molecule has 2 atom stereocenters. The van der Waals surface area contributed by atoms with Crippen LogP contribution in [0.3, 0.4) is 0 Å². The summed E-state index contributed by atoms with van der Waals surface area (Å²) in [6.45, 7) is 3.61. The van der Waals surface area contributed by atoms with Crippen LogP contribution in [0.1, 0.15) is 18.7 Å². The van der Waals surface area contributed by atoms with E-state index in [9.17, 15) is 27.6 Å². The van der Waals surface area contributed by atoms with Crippen molar-refractivity contribution in [1.82, 2.24) is 14.9 Å². The number of aromatic amines is 1. The highest BCUT2D eigenvalue weighted by Crippen LogP contribution is 2.14. The Morgan fingerprint density at radius 1 is 1.35 bits per heavy atom. The summed E-state index contributed by atoms with van der Waals surface area (Å²) in [4.78, 5) is 45.0. The fraction of sp³-hybridized carbons (Fsp3) is 0.538. The predicted octanol–water partition coefficient (Wildman–Crippen LogP) is -0.514. The van der Waals surface area contributed by atoms with Crippen LogP contribution >= 0.6 is 0 Å². The van der Waals surface area contributed by atoms with Gasteiger partial charge in [-0.05, 0) is 6.92 Å². The van der Waals surface area contributed by atoms with Crippen molar-refractivity contribution in [3.8, 4) is 0 Å². The molecule has 1 aliphatic heterocycles. The molecule has 1 aromatic heterocycles. The number of ether oxygens (including phenoxy) is 2. The van der Waals surface area contributed by atoms with E-state index < -0.39 is 41.9 Å². The van der Waals surface area contributed by atoms with E-state index >= 15 is 0 Å². The molecule has 13 heteroatoms. The molecule has 10 nitrogen and oxygen atoms in total. The first-order chi connectivity index (χ1) is 11.9. The Morgan fingerprint density at radius 2 is 1.92 bits per heavy atom. The van der Waals surface area contributed by atoms with Gasteiger partial charge in [0, 0.05) is 25.2 Å². The van der Waals surface area contributed by atoms with Gasteiger partial charge in [-0.1, -0.05) is 0 Å². The molecule has 2 rings (SSSR count). The van der Waals surface area contributed by atoms with E-state index in [2.05, 4.69) is 10.3 Å². The highest BCUT2D eigenvalue weighted by atomic mass is 19.4. The first-order valence-electron chi connectivity index (χ1n) is 7.07. The number of nitrogens with one attached hydrogen (secondary N) is 2. The lowest BCUT2D eigenvalue weighted by Crippen LogP contribution is -2.47. The Morgan fingerprint density at radius 3 is 2.42 bits per heavy atom. The van der Waals surface area contributed by atoms with E-state index in [1.165, 1.54) is 17.7 Å². The van der Waals surface area contributed by atoms with E-state index in [0.717, 1.165) is 0 Å². The number of hydrogen-bond acceptors (Lipinski definition) is 7. The molecule has 0 spiro atoms. The molecule has 0 bridgehead atoms. The second kappa shape index (κ2) is 8.62. The van der Waals surface area contributed by atoms with Crippen LogP contribution in [0.5, 0.6) is 0 Å².